The fraction of sp³-hybridized carbons (Fsp3) is 0.435. The number of ether oxygens (including phenoxy) is 1. The Hall–Kier alpha value is -2.97. The van der Waals surface area contributed by atoms with Crippen molar-refractivity contribution in [3.05, 3.63) is 71.1 Å². The summed E-state index contributed by atoms with van der Waals surface area (Å²) in [4.78, 5) is 19.9. The van der Waals surface area contributed by atoms with E-state index in [1.165, 1.54) is 0 Å². The molecule has 1 N–H and O–H groups in total. The molecule has 0 aliphatic carbocycles. The van der Waals surface area contributed by atoms with Crippen molar-refractivity contribution in [2.45, 2.75) is 32.9 Å². The fourth-order valence-corrected chi connectivity index (χ4v) is 3.85. The Morgan fingerprint density at radius 2 is 1.90 bits per heavy atom. The molecule has 1 aliphatic rings. The van der Waals surface area contributed by atoms with Gasteiger partial charge in [-0.25, -0.2) is 0 Å². The number of carbonyl (C=O) groups excluding carboxylic acids is 1. The molecule has 2 aromatic heterocycles. The fourth-order valence-electron chi connectivity index (χ4n) is 3.85. The Morgan fingerprint density at radius 3 is 2.61 bits per heavy atom. The second kappa shape index (κ2) is 9.89. The van der Waals surface area contributed by atoms with Crippen molar-refractivity contribution >= 4 is 5.91 Å². The van der Waals surface area contributed by atoms with Gasteiger partial charge in [0.2, 0.25) is 5.89 Å². The maximum Gasteiger partial charge on any atom is 0.253 e. The average Bonchev–Trinajstić information content (AvgIpc) is 3.39. The molecule has 1 aromatic carbocycles. The molecular formula is C23H29N5O3. The zero-order valence-electron chi connectivity index (χ0n) is 18.1. The lowest BCUT2D eigenvalue weighted by molar-refractivity contribution is 0.0363. The molecule has 1 fully saturated rings. The van der Waals surface area contributed by atoms with Crippen molar-refractivity contribution in [2.24, 2.45) is 0 Å². The van der Waals surface area contributed by atoms with E-state index in [9.17, 15) is 4.79 Å². The van der Waals surface area contributed by atoms with Crippen LogP contribution < -0.4 is 5.32 Å². The third-order valence-corrected chi connectivity index (χ3v) is 5.68. The maximum absolute atomic E-state index is 13.1. The van der Waals surface area contributed by atoms with Crippen LogP contribution in [0.25, 0.3) is 0 Å². The highest BCUT2D eigenvalue weighted by atomic mass is 16.5. The number of rotatable bonds is 8. The molecule has 8 heteroatoms. The summed E-state index contributed by atoms with van der Waals surface area (Å²) in [7, 11) is 0. The largest absolute Gasteiger partial charge is 0.379 e. The Kier molecular flexibility index (Phi) is 6.79. The molecule has 31 heavy (non-hydrogen) atoms. The lowest BCUT2D eigenvalue weighted by Gasteiger charge is -2.26. The minimum atomic E-state index is -0.396. The average molecular weight is 424 g/mol. The normalized spacial score (nSPS) is 15.7. The summed E-state index contributed by atoms with van der Waals surface area (Å²) >= 11 is 0. The smallest absolute Gasteiger partial charge is 0.253 e. The van der Waals surface area contributed by atoms with E-state index in [0.717, 1.165) is 50.7 Å². The van der Waals surface area contributed by atoms with Crippen LogP contribution in [0.1, 0.15) is 39.4 Å². The lowest BCUT2D eigenvalue weighted by atomic mass is 10.1. The first kappa shape index (κ1) is 21.3. The first-order valence-electron chi connectivity index (χ1n) is 10.7. The molecule has 8 nitrogen and oxygen atoms in total. The minimum absolute atomic E-state index is 0.139. The van der Waals surface area contributed by atoms with Gasteiger partial charge in [0, 0.05) is 44.5 Å². The quantitative estimate of drug-likeness (QED) is 0.599. The van der Waals surface area contributed by atoms with E-state index in [-0.39, 0.29) is 5.91 Å². The van der Waals surface area contributed by atoms with Crippen LogP contribution in [0.3, 0.4) is 0 Å². The lowest BCUT2D eigenvalue weighted by Crippen LogP contribution is -2.38. The van der Waals surface area contributed by atoms with E-state index in [1.54, 1.807) is 6.92 Å². The zero-order chi connectivity index (χ0) is 21.6. The Labute approximate surface area is 182 Å². The molecule has 3 heterocycles. The molecule has 0 spiro atoms. The van der Waals surface area contributed by atoms with Gasteiger partial charge >= 0.3 is 0 Å². The maximum atomic E-state index is 13.1. The third kappa shape index (κ3) is 5.39. The van der Waals surface area contributed by atoms with Gasteiger partial charge in [0.15, 0.2) is 5.82 Å². The number of aryl methyl sites for hydroxylation is 1. The van der Waals surface area contributed by atoms with E-state index in [2.05, 4.69) is 24.9 Å². The highest BCUT2D eigenvalue weighted by Gasteiger charge is 2.23. The Morgan fingerprint density at radius 1 is 1.13 bits per heavy atom. The second-order valence-electron chi connectivity index (χ2n) is 7.86. The van der Waals surface area contributed by atoms with Gasteiger partial charge in [-0.3, -0.25) is 9.69 Å². The summed E-state index contributed by atoms with van der Waals surface area (Å²) < 4.78 is 12.9. The molecule has 1 atom stereocenters. The van der Waals surface area contributed by atoms with Crippen molar-refractivity contribution in [1.29, 1.82) is 0 Å². The molecule has 1 unspecified atom stereocenters. The Balaban J connectivity index is 1.45. The standard InChI is InChI=1S/C23H29N5O3/c1-17-20(8-9-28(17)11-10-27-12-14-30-15-13-27)22(29)25-21(23-24-18(2)26-31-23)16-19-6-4-3-5-7-19/h3-9,21H,10-16H2,1-2H3,(H,25,29). The number of amides is 1. The van der Waals surface area contributed by atoms with Crippen LogP contribution in [0.2, 0.25) is 0 Å². The molecule has 1 saturated heterocycles. The number of morpholine rings is 1. The highest BCUT2D eigenvalue weighted by molar-refractivity contribution is 5.95. The SMILES string of the molecule is Cc1noc(C(Cc2ccccc2)NC(=O)c2ccn(CCN3CCOCC3)c2C)n1. The van der Waals surface area contributed by atoms with E-state index in [0.29, 0.717) is 23.7 Å². The third-order valence-electron chi connectivity index (χ3n) is 5.68. The molecule has 0 radical (unpaired) electrons. The monoisotopic (exact) mass is 423 g/mol. The van der Waals surface area contributed by atoms with Crippen LogP contribution in [0.15, 0.2) is 47.1 Å². The molecule has 0 saturated carbocycles. The van der Waals surface area contributed by atoms with Crippen molar-refractivity contribution in [3.8, 4) is 0 Å². The van der Waals surface area contributed by atoms with E-state index >= 15 is 0 Å². The first-order valence-corrected chi connectivity index (χ1v) is 10.7. The molecular weight excluding hydrogens is 394 g/mol. The molecule has 164 valence electrons. The van der Waals surface area contributed by atoms with Gasteiger partial charge in [0.1, 0.15) is 6.04 Å². The Bertz CT molecular complexity index is 992. The number of nitrogens with one attached hydrogen (secondary N) is 1. The number of benzene rings is 1. The molecule has 1 amide bonds. The van der Waals surface area contributed by atoms with Crippen molar-refractivity contribution in [2.75, 3.05) is 32.8 Å². The summed E-state index contributed by atoms with van der Waals surface area (Å²) in [5.74, 6) is 0.825. The van der Waals surface area contributed by atoms with E-state index < -0.39 is 6.04 Å². The minimum Gasteiger partial charge on any atom is -0.379 e. The summed E-state index contributed by atoms with van der Waals surface area (Å²) in [6.07, 6.45) is 2.55. The predicted octanol–water partition coefficient (Wildman–Crippen LogP) is 2.53. The molecule has 0 bridgehead atoms. The number of nitrogens with zero attached hydrogens (tertiary/aromatic N) is 4. The summed E-state index contributed by atoms with van der Waals surface area (Å²) in [5, 5.41) is 6.99. The number of carbonyl (C=O) groups is 1. The van der Waals surface area contributed by atoms with Gasteiger partial charge in [-0.15, -0.1) is 0 Å². The first-order chi connectivity index (χ1) is 15.1. The molecule has 3 aromatic rings. The van der Waals surface area contributed by atoms with Gasteiger partial charge in [0.25, 0.3) is 5.91 Å². The van der Waals surface area contributed by atoms with Crippen LogP contribution in [-0.2, 0) is 17.7 Å². The van der Waals surface area contributed by atoms with Crippen LogP contribution in [0.4, 0.5) is 0 Å². The van der Waals surface area contributed by atoms with Crippen molar-refractivity contribution in [1.82, 2.24) is 24.9 Å². The van der Waals surface area contributed by atoms with Crippen LogP contribution >= 0.6 is 0 Å². The molecule has 1 aliphatic heterocycles. The van der Waals surface area contributed by atoms with Crippen LogP contribution in [-0.4, -0.2) is 58.4 Å². The number of aromatic nitrogens is 3. The zero-order valence-corrected chi connectivity index (χ0v) is 18.1. The topological polar surface area (TPSA) is 85.4 Å². The van der Waals surface area contributed by atoms with Crippen molar-refractivity contribution < 1.29 is 14.1 Å². The summed E-state index contributed by atoms with van der Waals surface area (Å²) in [6.45, 7) is 9.03. The number of hydrogen-bond donors (Lipinski definition) is 1. The molecule has 4 rings (SSSR count). The van der Waals surface area contributed by atoms with Crippen LogP contribution in [0, 0.1) is 13.8 Å². The second-order valence-corrected chi connectivity index (χ2v) is 7.86. The summed E-state index contributed by atoms with van der Waals surface area (Å²) in [6, 6.07) is 11.5. The van der Waals surface area contributed by atoms with Crippen molar-refractivity contribution in [3.63, 3.8) is 0 Å². The van der Waals surface area contributed by atoms with Gasteiger partial charge in [-0.05, 0) is 25.5 Å². The predicted molar refractivity (Wildman–Crippen MR) is 116 cm³/mol. The van der Waals surface area contributed by atoms with Gasteiger partial charge < -0.3 is 19.1 Å². The van der Waals surface area contributed by atoms with Crippen LogP contribution in [0.5, 0.6) is 0 Å². The number of hydrogen-bond acceptors (Lipinski definition) is 6. The van der Waals surface area contributed by atoms with Gasteiger partial charge in [-0.1, -0.05) is 35.5 Å². The van der Waals surface area contributed by atoms with Gasteiger partial charge in [0.05, 0.1) is 18.8 Å². The summed E-state index contributed by atoms with van der Waals surface area (Å²) in [5.41, 5.74) is 2.70. The van der Waals surface area contributed by atoms with E-state index in [4.69, 9.17) is 9.26 Å². The highest BCUT2D eigenvalue weighted by Crippen LogP contribution is 2.19. The van der Waals surface area contributed by atoms with E-state index in [1.807, 2.05) is 49.5 Å². The van der Waals surface area contributed by atoms with Gasteiger partial charge in [-0.2, -0.15) is 4.98 Å².